The van der Waals surface area contributed by atoms with E-state index < -0.39 is 17.9 Å². The molecule has 3 N–H and O–H groups in total. The van der Waals surface area contributed by atoms with Crippen LogP contribution in [0.15, 0.2) is 18.2 Å². The predicted molar refractivity (Wildman–Crippen MR) is 80.7 cm³/mol. The summed E-state index contributed by atoms with van der Waals surface area (Å²) in [4.78, 5) is 23.0. The van der Waals surface area contributed by atoms with E-state index in [4.69, 9.17) is 21.4 Å². The van der Waals surface area contributed by atoms with Crippen molar-refractivity contribution in [3.05, 3.63) is 28.8 Å². The van der Waals surface area contributed by atoms with Crippen LogP contribution in [0.5, 0.6) is 0 Å². The number of ether oxygens (including phenoxy) is 1. The Hall–Kier alpha value is -1.63. The van der Waals surface area contributed by atoms with Crippen LogP contribution in [0.3, 0.4) is 0 Å². The summed E-state index contributed by atoms with van der Waals surface area (Å²) in [7, 11) is 1.52. The zero-order chi connectivity index (χ0) is 15.8. The van der Waals surface area contributed by atoms with Gasteiger partial charge in [-0.05, 0) is 24.6 Å². The van der Waals surface area contributed by atoms with Gasteiger partial charge in [-0.2, -0.15) is 0 Å². The van der Waals surface area contributed by atoms with E-state index in [0.717, 1.165) is 5.56 Å². The Morgan fingerprint density at radius 1 is 1.43 bits per heavy atom. The maximum atomic E-state index is 11.9. The van der Waals surface area contributed by atoms with Gasteiger partial charge in [0, 0.05) is 24.4 Å². The van der Waals surface area contributed by atoms with Crippen molar-refractivity contribution < 1.29 is 19.4 Å². The smallest absolute Gasteiger partial charge is 0.321 e. The van der Waals surface area contributed by atoms with Gasteiger partial charge in [0.05, 0.1) is 13.0 Å². The number of amides is 1. The standard InChI is InChI=1S/C14H19ClN2O4/c1-9-10(15)4-3-5-11(9)17-13(18)8-12(14(19)20)16-6-7-21-2/h3-5,12,16H,6-8H2,1-2H3,(H,17,18)(H,19,20). The lowest BCUT2D eigenvalue weighted by Gasteiger charge is -2.15. The van der Waals surface area contributed by atoms with Crippen molar-refractivity contribution in [2.45, 2.75) is 19.4 Å². The normalized spacial score (nSPS) is 12.0. The van der Waals surface area contributed by atoms with Crippen LogP contribution in [0.2, 0.25) is 5.02 Å². The van der Waals surface area contributed by atoms with Gasteiger partial charge in [-0.3, -0.25) is 9.59 Å². The first-order valence-electron chi connectivity index (χ1n) is 6.45. The zero-order valence-electron chi connectivity index (χ0n) is 12.0. The number of hydrogen-bond donors (Lipinski definition) is 3. The maximum Gasteiger partial charge on any atom is 0.321 e. The monoisotopic (exact) mass is 314 g/mol. The lowest BCUT2D eigenvalue weighted by Crippen LogP contribution is -2.41. The summed E-state index contributed by atoms with van der Waals surface area (Å²) < 4.78 is 4.83. The second-order valence-corrected chi connectivity index (χ2v) is 4.91. The highest BCUT2D eigenvalue weighted by atomic mass is 35.5. The molecule has 6 nitrogen and oxygen atoms in total. The molecule has 0 aliphatic carbocycles. The van der Waals surface area contributed by atoms with Crippen molar-refractivity contribution in [1.29, 1.82) is 0 Å². The van der Waals surface area contributed by atoms with Crippen LogP contribution in [0, 0.1) is 6.92 Å². The SMILES string of the molecule is COCCNC(CC(=O)Nc1cccc(Cl)c1C)C(=O)O. The van der Waals surface area contributed by atoms with E-state index in [2.05, 4.69) is 10.6 Å². The van der Waals surface area contributed by atoms with Gasteiger partial charge >= 0.3 is 5.97 Å². The number of benzene rings is 1. The van der Waals surface area contributed by atoms with Gasteiger partial charge < -0.3 is 20.5 Å². The fourth-order valence-corrected chi connectivity index (χ4v) is 1.89. The maximum absolute atomic E-state index is 11.9. The second-order valence-electron chi connectivity index (χ2n) is 4.50. The van der Waals surface area contributed by atoms with Crippen LogP contribution in [0.25, 0.3) is 0 Å². The lowest BCUT2D eigenvalue weighted by atomic mass is 10.1. The highest BCUT2D eigenvalue weighted by Crippen LogP contribution is 2.23. The number of carbonyl (C=O) groups is 2. The van der Waals surface area contributed by atoms with Gasteiger partial charge in [0.2, 0.25) is 5.91 Å². The second kappa shape index (κ2) is 8.61. The largest absolute Gasteiger partial charge is 0.480 e. The average molecular weight is 315 g/mol. The highest BCUT2D eigenvalue weighted by Gasteiger charge is 2.20. The van der Waals surface area contributed by atoms with Crippen molar-refractivity contribution in [2.75, 3.05) is 25.6 Å². The number of aliphatic carboxylic acids is 1. The number of carboxylic acid groups (broad SMARTS) is 1. The summed E-state index contributed by atoms with van der Waals surface area (Å²) in [5, 5.41) is 15.0. The molecular weight excluding hydrogens is 296 g/mol. The average Bonchev–Trinajstić information content (AvgIpc) is 2.43. The van der Waals surface area contributed by atoms with Gasteiger partial charge in [0.15, 0.2) is 0 Å². The number of methoxy groups -OCH3 is 1. The topological polar surface area (TPSA) is 87.7 Å². The minimum absolute atomic E-state index is 0.176. The Morgan fingerprint density at radius 2 is 2.14 bits per heavy atom. The van der Waals surface area contributed by atoms with E-state index in [0.29, 0.717) is 23.9 Å². The number of hydrogen-bond acceptors (Lipinski definition) is 4. The Labute approximate surface area is 128 Å². The number of nitrogens with one attached hydrogen (secondary N) is 2. The molecule has 1 rings (SSSR count). The lowest BCUT2D eigenvalue weighted by molar-refractivity contribution is -0.141. The van der Waals surface area contributed by atoms with Crippen LogP contribution >= 0.6 is 11.6 Å². The molecule has 0 fully saturated rings. The Balaban J connectivity index is 2.61. The highest BCUT2D eigenvalue weighted by molar-refractivity contribution is 6.31. The van der Waals surface area contributed by atoms with Gasteiger partial charge in [0.25, 0.3) is 0 Å². The molecule has 0 aliphatic rings. The molecule has 1 amide bonds. The van der Waals surface area contributed by atoms with Crippen LogP contribution < -0.4 is 10.6 Å². The predicted octanol–water partition coefficient (Wildman–Crippen LogP) is 1.67. The molecule has 0 aliphatic heterocycles. The van der Waals surface area contributed by atoms with E-state index in [1.807, 2.05) is 0 Å². The Kier molecular flexibility index (Phi) is 7.14. The van der Waals surface area contributed by atoms with E-state index in [-0.39, 0.29) is 6.42 Å². The number of rotatable bonds is 8. The summed E-state index contributed by atoms with van der Waals surface area (Å²) in [5.74, 6) is -1.47. The summed E-state index contributed by atoms with van der Waals surface area (Å²) in [6, 6.07) is 4.20. The van der Waals surface area contributed by atoms with Crippen LogP contribution in [-0.2, 0) is 14.3 Å². The van der Waals surface area contributed by atoms with E-state index >= 15 is 0 Å². The minimum Gasteiger partial charge on any atom is -0.480 e. The van der Waals surface area contributed by atoms with Crippen molar-refractivity contribution in [3.63, 3.8) is 0 Å². The Bertz CT molecular complexity index is 508. The summed E-state index contributed by atoms with van der Waals surface area (Å²) in [6.07, 6.45) is -0.176. The summed E-state index contributed by atoms with van der Waals surface area (Å²) in [5.41, 5.74) is 1.32. The fraction of sp³-hybridized carbons (Fsp3) is 0.429. The molecule has 1 aromatic carbocycles. The first-order valence-corrected chi connectivity index (χ1v) is 6.83. The molecule has 0 aromatic heterocycles. The molecule has 7 heteroatoms. The van der Waals surface area contributed by atoms with Crippen LogP contribution in [0.4, 0.5) is 5.69 Å². The number of carboxylic acids is 1. The van der Waals surface area contributed by atoms with E-state index in [1.165, 1.54) is 7.11 Å². The van der Waals surface area contributed by atoms with Gasteiger partial charge in [-0.1, -0.05) is 17.7 Å². The molecule has 1 aromatic rings. The first-order chi connectivity index (χ1) is 9.95. The summed E-state index contributed by atoms with van der Waals surface area (Å²) >= 11 is 5.97. The molecule has 1 atom stereocenters. The number of anilines is 1. The van der Waals surface area contributed by atoms with Crippen LogP contribution in [0.1, 0.15) is 12.0 Å². The van der Waals surface area contributed by atoms with Gasteiger partial charge in [0.1, 0.15) is 6.04 Å². The van der Waals surface area contributed by atoms with E-state index in [9.17, 15) is 9.59 Å². The van der Waals surface area contributed by atoms with Crippen molar-refractivity contribution >= 4 is 29.2 Å². The molecular formula is C14H19ClN2O4. The quantitative estimate of drug-likeness (QED) is 0.635. The first kappa shape index (κ1) is 17.4. The van der Waals surface area contributed by atoms with Crippen molar-refractivity contribution in [1.82, 2.24) is 5.32 Å². The molecule has 21 heavy (non-hydrogen) atoms. The van der Waals surface area contributed by atoms with Gasteiger partial charge in [-0.25, -0.2) is 0 Å². The molecule has 0 saturated heterocycles. The zero-order valence-corrected chi connectivity index (χ0v) is 12.7. The number of halogens is 1. The third-order valence-electron chi connectivity index (χ3n) is 2.93. The van der Waals surface area contributed by atoms with Gasteiger partial charge in [-0.15, -0.1) is 0 Å². The molecule has 0 bridgehead atoms. The molecule has 0 radical (unpaired) electrons. The minimum atomic E-state index is -1.08. The Morgan fingerprint density at radius 3 is 2.76 bits per heavy atom. The van der Waals surface area contributed by atoms with Crippen LogP contribution in [-0.4, -0.2) is 43.3 Å². The molecule has 0 heterocycles. The third-order valence-corrected chi connectivity index (χ3v) is 3.34. The van der Waals surface area contributed by atoms with Crippen molar-refractivity contribution in [2.24, 2.45) is 0 Å². The fourth-order valence-electron chi connectivity index (χ4n) is 1.71. The molecule has 116 valence electrons. The molecule has 0 spiro atoms. The molecule has 1 unspecified atom stereocenters. The van der Waals surface area contributed by atoms with E-state index in [1.54, 1.807) is 25.1 Å². The number of carbonyl (C=O) groups excluding carboxylic acids is 1. The third kappa shape index (κ3) is 5.71. The van der Waals surface area contributed by atoms with Crippen molar-refractivity contribution in [3.8, 4) is 0 Å². The molecule has 0 saturated carbocycles. The summed E-state index contributed by atoms with van der Waals surface area (Å²) in [6.45, 7) is 2.51.